The van der Waals surface area contributed by atoms with Gasteiger partial charge in [-0.1, -0.05) is 28.1 Å². The molecule has 5 heteroatoms. The number of halogens is 2. The van der Waals surface area contributed by atoms with Gasteiger partial charge in [-0.25, -0.2) is 8.42 Å². The van der Waals surface area contributed by atoms with Gasteiger partial charge in [0.2, 0.25) is 9.84 Å². The van der Waals surface area contributed by atoms with Crippen LogP contribution < -0.4 is 0 Å². The van der Waals surface area contributed by atoms with Crippen LogP contribution in [0.5, 0.6) is 0 Å². The first-order valence-electron chi connectivity index (χ1n) is 4.85. The van der Waals surface area contributed by atoms with E-state index in [1.165, 1.54) is 0 Å². The van der Waals surface area contributed by atoms with E-state index in [2.05, 4.69) is 38.5 Å². The smallest absolute Gasteiger partial charge is 0.207 e. The summed E-state index contributed by atoms with van der Waals surface area (Å²) in [7, 11) is -3.34. The minimum absolute atomic E-state index is 0.392. The van der Waals surface area contributed by atoms with Gasteiger partial charge in [-0.2, -0.15) is 0 Å². The molecule has 0 aliphatic carbocycles. The molecule has 0 fully saturated rings. The largest absolute Gasteiger partial charge is 0.218 e. The number of sulfone groups is 1. The van der Waals surface area contributed by atoms with Gasteiger partial charge in [-0.15, -0.1) is 0 Å². The lowest BCUT2D eigenvalue weighted by molar-refractivity contribution is 0.598. The van der Waals surface area contributed by atoms with Crippen molar-refractivity contribution < 1.29 is 8.42 Å². The molecule has 0 aromatic heterocycles. The minimum Gasteiger partial charge on any atom is -0.218 e. The van der Waals surface area contributed by atoms with Gasteiger partial charge in [0.25, 0.3) is 0 Å². The fourth-order valence-corrected chi connectivity index (χ4v) is 5.17. The summed E-state index contributed by atoms with van der Waals surface area (Å²) in [4.78, 5) is 0.801. The number of benzene rings is 2. The summed E-state index contributed by atoms with van der Waals surface area (Å²) in [6.45, 7) is 0. The highest BCUT2D eigenvalue weighted by atomic mass is 127. The molecule has 0 amide bonds. The molecule has 0 bridgehead atoms. The van der Waals surface area contributed by atoms with Crippen LogP contribution in [0.2, 0.25) is 0 Å². The fourth-order valence-electron chi connectivity index (χ4n) is 2.03. The maximum absolute atomic E-state index is 12.4. The standard InChI is InChI=1S/C12H6BrIO2S/c13-9-2-1-3-10-12(9)8-5-4-7(14)6-11(8)17(10,15)16/h1-6H. The van der Waals surface area contributed by atoms with Crippen molar-refractivity contribution in [3.05, 3.63) is 44.4 Å². The Hall–Kier alpha value is -0.400. The summed E-state index contributed by atoms with van der Waals surface area (Å²) in [5.74, 6) is 0. The second-order valence-corrected chi connectivity index (χ2v) is 7.74. The molecule has 0 atom stereocenters. The molecular formula is C12H6BrIO2S. The number of hydrogen-bond donors (Lipinski definition) is 0. The Bertz CT molecular complexity index is 738. The highest BCUT2D eigenvalue weighted by Crippen LogP contribution is 2.46. The van der Waals surface area contributed by atoms with Gasteiger partial charge < -0.3 is 0 Å². The lowest BCUT2D eigenvalue weighted by Crippen LogP contribution is -1.96. The predicted octanol–water partition coefficient (Wildman–Crippen LogP) is 3.87. The Morgan fingerprint density at radius 2 is 1.82 bits per heavy atom. The number of hydrogen-bond acceptors (Lipinski definition) is 2. The van der Waals surface area contributed by atoms with Crippen LogP contribution in [0.25, 0.3) is 11.1 Å². The summed E-state index contributed by atoms with van der Waals surface area (Å²) >= 11 is 5.54. The van der Waals surface area contributed by atoms with Crippen LogP contribution in [0.1, 0.15) is 0 Å². The van der Waals surface area contributed by atoms with Crippen LogP contribution in [0.15, 0.2) is 50.7 Å². The summed E-state index contributed by atoms with van der Waals surface area (Å²) in [6, 6.07) is 10.8. The van der Waals surface area contributed by atoms with Crippen molar-refractivity contribution >= 4 is 48.4 Å². The normalized spacial score (nSPS) is 15.4. The molecule has 2 aromatic carbocycles. The zero-order valence-electron chi connectivity index (χ0n) is 8.44. The van der Waals surface area contributed by atoms with Crippen molar-refractivity contribution in [2.45, 2.75) is 9.79 Å². The van der Waals surface area contributed by atoms with Crippen molar-refractivity contribution in [3.8, 4) is 11.1 Å². The van der Waals surface area contributed by atoms with Crippen LogP contribution in [0.3, 0.4) is 0 Å². The van der Waals surface area contributed by atoms with Crippen LogP contribution in [0, 0.1) is 3.57 Å². The molecule has 0 saturated heterocycles. The SMILES string of the molecule is O=S1(=O)c2cc(I)ccc2-c2c(Br)cccc21. The number of fused-ring (bicyclic) bond motifs is 3. The van der Waals surface area contributed by atoms with Gasteiger partial charge in [-0.3, -0.25) is 0 Å². The molecule has 1 aliphatic rings. The van der Waals surface area contributed by atoms with Crippen LogP contribution in [0.4, 0.5) is 0 Å². The van der Waals surface area contributed by atoms with E-state index in [0.717, 1.165) is 19.2 Å². The molecule has 1 aliphatic heterocycles. The lowest BCUT2D eigenvalue weighted by Gasteiger charge is -2.01. The number of rotatable bonds is 0. The fraction of sp³-hybridized carbons (Fsp3) is 0. The quantitative estimate of drug-likeness (QED) is 0.517. The summed E-state index contributed by atoms with van der Waals surface area (Å²) in [5.41, 5.74) is 1.56. The molecular weight excluding hydrogens is 415 g/mol. The maximum Gasteiger partial charge on any atom is 0.207 e. The van der Waals surface area contributed by atoms with E-state index in [1.54, 1.807) is 18.2 Å². The predicted molar refractivity (Wildman–Crippen MR) is 77.7 cm³/mol. The monoisotopic (exact) mass is 420 g/mol. The second-order valence-electron chi connectivity index (χ2n) is 3.76. The molecule has 17 heavy (non-hydrogen) atoms. The van der Waals surface area contributed by atoms with E-state index in [1.807, 2.05) is 18.2 Å². The van der Waals surface area contributed by atoms with Gasteiger partial charge in [0, 0.05) is 19.2 Å². The van der Waals surface area contributed by atoms with Crippen LogP contribution >= 0.6 is 38.5 Å². The van der Waals surface area contributed by atoms with E-state index >= 15 is 0 Å². The average Bonchev–Trinajstić information content (AvgIpc) is 2.50. The first kappa shape index (κ1) is 11.7. The van der Waals surface area contributed by atoms with Gasteiger partial charge in [0.1, 0.15) is 0 Å². The van der Waals surface area contributed by atoms with E-state index in [-0.39, 0.29) is 0 Å². The highest BCUT2D eigenvalue weighted by Gasteiger charge is 2.34. The van der Waals surface area contributed by atoms with Crippen molar-refractivity contribution in [3.63, 3.8) is 0 Å². The van der Waals surface area contributed by atoms with E-state index in [9.17, 15) is 8.42 Å². The molecule has 0 saturated carbocycles. The van der Waals surface area contributed by atoms with Gasteiger partial charge in [0.05, 0.1) is 9.79 Å². The van der Waals surface area contributed by atoms with Gasteiger partial charge in [0.15, 0.2) is 0 Å². The Balaban J connectivity index is 2.52. The highest BCUT2D eigenvalue weighted by molar-refractivity contribution is 14.1. The van der Waals surface area contributed by atoms with E-state index in [0.29, 0.717) is 9.79 Å². The molecule has 0 N–H and O–H groups in total. The Kier molecular flexibility index (Phi) is 2.61. The molecule has 3 rings (SSSR count). The lowest BCUT2D eigenvalue weighted by atomic mass is 10.1. The molecule has 2 aromatic rings. The van der Waals surface area contributed by atoms with Crippen molar-refractivity contribution in [1.82, 2.24) is 0 Å². The Morgan fingerprint density at radius 1 is 1.06 bits per heavy atom. The third kappa shape index (κ3) is 1.59. The van der Waals surface area contributed by atoms with Crippen molar-refractivity contribution in [2.24, 2.45) is 0 Å². The molecule has 0 spiro atoms. The van der Waals surface area contributed by atoms with Crippen molar-refractivity contribution in [2.75, 3.05) is 0 Å². The minimum atomic E-state index is -3.34. The first-order valence-corrected chi connectivity index (χ1v) is 8.21. The molecule has 1 heterocycles. The maximum atomic E-state index is 12.4. The third-order valence-electron chi connectivity index (χ3n) is 2.77. The molecule has 2 nitrogen and oxygen atoms in total. The topological polar surface area (TPSA) is 34.1 Å². The molecule has 0 unspecified atom stereocenters. The van der Waals surface area contributed by atoms with Crippen LogP contribution in [-0.4, -0.2) is 8.42 Å². The Labute approximate surface area is 121 Å². The zero-order chi connectivity index (χ0) is 12.2. The summed E-state index contributed by atoms with van der Waals surface area (Å²) < 4.78 is 26.5. The van der Waals surface area contributed by atoms with Crippen LogP contribution in [-0.2, 0) is 9.84 Å². The average molecular weight is 421 g/mol. The Morgan fingerprint density at radius 3 is 2.59 bits per heavy atom. The zero-order valence-corrected chi connectivity index (χ0v) is 13.0. The van der Waals surface area contributed by atoms with E-state index < -0.39 is 9.84 Å². The van der Waals surface area contributed by atoms with Gasteiger partial charge >= 0.3 is 0 Å². The van der Waals surface area contributed by atoms with Gasteiger partial charge in [-0.05, 0) is 46.9 Å². The third-order valence-corrected chi connectivity index (χ3v) is 5.94. The summed E-state index contributed by atoms with van der Waals surface area (Å²) in [6.07, 6.45) is 0. The van der Waals surface area contributed by atoms with Crippen molar-refractivity contribution in [1.29, 1.82) is 0 Å². The second kappa shape index (κ2) is 3.80. The van der Waals surface area contributed by atoms with E-state index in [4.69, 9.17) is 0 Å². The first-order chi connectivity index (χ1) is 8.01. The summed E-state index contributed by atoms with van der Waals surface area (Å²) in [5, 5.41) is 0. The molecule has 0 radical (unpaired) electrons. The molecule has 86 valence electrons.